The molecular weight excluding hydrogens is 264 g/mol. The Hall–Kier alpha value is -0.650. The van der Waals surface area contributed by atoms with Gasteiger partial charge in [-0.05, 0) is 25.9 Å². The van der Waals surface area contributed by atoms with Gasteiger partial charge in [-0.1, -0.05) is 20.8 Å². The van der Waals surface area contributed by atoms with Crippen molar-refractivity contribution in [3.05, 3.63) is 0 Å². The number of hydrogen-bond acceptors (Lipinski definition) is 4. The SMILES string of the molecule is CCC(C(=O)N1CCC(N2CCNCC2)C1)N(CC)CC. The Balaban J connectivity index is 1.91. The molecule has 2 atom stereocenters. The van der Waals surface area contributed by atoms with Gasteiger partial charge in [0, 0.05) is 45.3 Å². The Morgan fingerprint density at radius 1 is 1.19 bits per heavy atom. The number of carbonyl (C=O) groups is 1. The average Bonchev–Trinajstić information content (AvgIpc) is 3.02. The molecule has 0 aromatic heterocycles. The number of hydrogen-bond donors (Lipinski definition) is 1. The van der Waals surface area contributed by atoms with Gasteiger partial charge in [-0.2, -0.15) is 0 Å². The van der Waals surface area contributed by atoms with Crippen molar-refractivity contribution in [2.24, 2.45) is 0 Å². The van der Waals surface area contributed by atoms with E-state index >= 15 is 0 Å². The number of rotatable bonds is 6. The van der Waals surface area contributed by atoms with E-state index in [9.17, 15) is 4.79 Å². The summed E-state index contributed by atoms with van der Waals surface area (Å²) in [6.07, 6.45) is 2.05. The highest BCUT2D eigenvalue weighted by Gasteiger charge is 2.34. The van der Waals surface area contributed by atoms with E-state index in [4.69, 9.17) is 0 Å². The molecule has 0 radical (unpaired) electrons. The molecule has 0 bridgehead atoms. The third-order valence-corrected chi connectivity index (χ3v) is 5.07. The lowest BCUT2D eigenvalue weighted by atomic mass is 10.1. The second-order valence-electron chi connectivity index (χ2n) is 6.16. The molecule has 2 fully saturated rings. The van der Waals surface area contributed by atoms with Gasteiger partial charge >= 0.3 is 0 Å². The molecule has 5 heteroatoms. The molecule has 0 spiro atoms. The molecule has 122 valence electrons. The zero-order chi connectivity index (χ0) is 15.2. The first-order chi connectivity index (χ1) is 10.2. The minimum absolute atomic E-state index is 0.0711. The molecule has 21 heavy (non-hydrogen) atoms. The summed E-state index contributed by atoms with van der Waals surface area (Å²) in [7, 11) is 0. The Morgan fingerprint density at radius 2 is 1.86 bits per heavy atom. The Morgan fingerprint density at radius 3 is 2.43 bits per heavy atom. The Labute approximate surface area is 129 Å². The molecule has 2 saturated heterocycles. The molecule has 1 amide bonds. The van der Waals surface area contributed by atoms with Crippen LogP contribution in [0.2, 0.25) is 0 Å². The van der Waals surface area contributed by atoms with Gasteiger partial charge in [-0.25, -0.2) is 0 Å². The van der Waals surface area contributed by atoms with Gasteiger partial charge in [0.25, 0.3) is 0 Å². The molecule has 2 unspecified atom stereocenters. The monoisotopic (exact) mass is 296 g/mol. The number of nitrogens with one attached hydrogen (secondary N) is 1. The molecule has 0 saturated carbocycles. The standard InChI is InChI=1S/C16H32N4O/c1-4-15(18(5-2)6-3)16(21)20-10-7-14(13-20)19-11-8-17-9-12-19/h14-15,17H,4-13H2,1-3H3. The lowest BCUT2D eigenvalue weighted by Gasteiger charge is -2.34. The third-order valence-electron chi connectivity index (χ3n) is 5.07. The maximum atomic E-state index is 12.8. The summed E-state index contributed by atoms with van der Waals surface area (Å²) in [5.74, 6) is 0.346. The van der Waals surface area contributed by atoms with Crippen molar-refractivity contribution < 1.29 is 4.79 Å². The molecule has 2 aliphatic rings. The topological polar surface area (TPSA) is 38.8 Å². The number of likely N-dealkylation sites (N-methyl/N-ethyl adjacent to an activating group) is 1. The number of piperazine rings is 1. The van der Waals surface area contributed by atoms with E-state index in [1.165, 1.54) is 0 Å². The third kappa shape index (κ3) is 3.96. The highest BCUT2D eigenvalue weighted by atomic mass is 16.2. The van der Waals surface area contributed by atoms with Crippen LogP contribution < -0.4 is 5.32 Å². The fraction of sp³-hybridized carbons (Fsp3) is 0.938. The van der Waals surface area contributed by atoms with E-state index in [0.29, 0.717) is 11.9 Å². The predicted octanol–water partition coefficient (Wildman–Crippen LogP) is 0.613. The summed E-state index contributed by atoms with van der Waals surface area (Å²) in [5, 5.41) is 3.40. The summed E-state index contributed by atoms with van der Waals surface area (Å²) in [6, 6.07) is 0.645. The first-order valence-electron chi connectivity index (χ1n) is 8.68. The van der Waals surface area contributed by atoms with Crippen molar-refractivity contribution in [3.8, 4) is 0 Å². The molecule has 0 aromatic rings. The van der Waals surface area contributed by atoms with Crippen LogP contribution in [-0.2, 0) is 4.79 Å². The maximum absolute atomic E-state index is 12.8. The maximum Gasteiger partial charge on any atom is 0.239 e. The van der Waals surface area contributed by atoms with Crippen LogP contribution in [0.15, 0.2) is 0 Å². The van der Waals surface area contributed by atoms with Gasteiger partial charge in [-0.3, -0.25) is 14.6 Å². The molecule has 2 rings (SSSR count). The van der Waals surface area contributed by atoms with Crippen LogP contribution in [0.3, 0.4) is 0 Å². The van der Waals surface area contributed by atoms with Gasteiger partial charge in [0.2, 0.25) is 5.91 Å². The van der Waals surface area contributed by atoms with Crippen molar-refractivity contribution >= 4 is 5.91 Å². The zero-order valence-electron chi connectivity index (χ0n) is 14.0. The molecule has 2 aliphatic heterocycles. The van der Waals surface area contributed by atoms with E-state index < -0.39 is 0 Å². The summed E-state index contributed by atoms with van der Waals surface area (Å²) < 4.78 is 0. The van der Waals surface area contributed by atoms with Gasteiger partial charge in [0.15, 0.2) is 0 Å². The van der Waals surface area contributed by atoms with E-state index in [-0.39, 0.29) is 6.04 Å². The molecule has 5 nitrogen and oxygen atoms in total. The number of likely N-dealkylation sites (tertiary alicyclic amines) is 1. The lowest BCUT2D eigenvalue weighted by Crippen LogP contribution is -2.51. The van der Waals surface area contributed by atoms with Crippen LogP contribution >= 0.6 is 0 Å². The van der Waals surface area contributed by atoms with Crippen LogP contribution in [0.25, 0.3) is 0 Å². The summed E-state index contributed by atoms with van der Waals surface area (Å²) in [6.45, 7) is 14.6. The molecule has 1 N–H and O–H groups in total. The van der Waals surface area contributed by atoms with E-state index in [1.807, 2.05) is 0 Å². The second-order valence-corrected chi connectivity index (χ2v) is 6.16. The Kier molecular flexibility index (Phi) is 6.45. The fourth-order valence-corrected chi connectivity index (χ4v) is 3.75. The van der Waals surface area contributed by atoms with Crippen molar-refractivity contribution in [2.75, 3.05) is 52.4 Å². The van der Waals surface area contributed by atoms with Crippen molar-refractivity contribution in [1.29, 1.82) is 0 Å². The second kappa shape index (κ2) is 8.11. The van der Waals surface area contributed by atoms with Gasteiger partial charge in [-0.15, -0.1) is 0 Å². The van der Waals surface area contributed by atoms with Crippen LogP contribution in [0.1, 0.15) is 33.6 Å². The highest BCUT2D eigenvalue weighted by molar-refractivity contribution is 5.82. The number of carbonyl (C=O) groups excluding carboxylic acids is 1. The average molecular weight is 296 g/mol. The fourth-order valence-electron chi connectivity index (χ4n) is 3.75. The van der Waals surface area contributed by atoms with E-state index in [0.717, 1.165) is 65.2 Å². The van der Waals surface area contributed by atoms with Crippen LogP contribution in [0, 0.1) is 0 Å². The summed E-state index contributed by atoms with van der Waals surface area (Å²) >= 11 is 0. The quantitative estimate of drug-likeness (QED) is 0.780. The van der Waals surface area contributed by atoms with Crippen LogP contribution in [0.5, 0.6) is 0 Å². The summed E-state index contributed by atoms with van der Waals surface area (Å²) in [4.78, 5) is 19.8. The van der Waals surface area contributed by atoms with Gasteiger partial charge in [0.1, 0.15) is 0 Å². The van der Waals surface area contributed by atoms with Crippen LogP contribution in [-0.4, -0.2) is 85.0 Å². The largest absolute Gasteiger partial charge is 0.340 e. The minimum atomic E-state index is 0.0711. The molecule has 2 heterocycles. The smallest absolute Gasteiger partial charge is 0.239 e. The van der Waals surface area contributed by atoms with Crippen LogP contribution in [0.4, 0.5) is 0 Å². The number of amides is 1. The van der Waals surface area contributed by atoms with E-state index in [2.05, 4.69) is 40.8 Å². The van der Waals surface area contributed by atoms with E-state index in [1.54, 1.807) is 0 Å². The Bertz CT molecular complexity index is 326. The van der Waals surface area contributed by atoms with Gasteiger partial charge in [0.05, 0.1) is 6.04 Å². The molecular formula is C16H32N4O. The molecule has 0 aromatic carbocycles. The lowest BCUT2D eigenvalue weighted by molar-refractivity contribution is -0.136. The van der Waals surface area contributed by atoms with Crippen molar-refractivity contribution in [2.45, 2.75) is 45.7 Å². The highest BCUT2D eigenvalue weighted by Crippen LogP contribution is 2.19. The zero-order valence-corrected chi connectivity index (χ0v) is 14.0. The predicted molar refractivity (Wildman–Crippen MR) is 86.4 cm³/mol. The number of nitrogens with zero attached hydrogens (tertiary/aromatic N) is 3. The first kappa shape index (κ1) is 16.7. The van der Waals surface area contributed by atoms with Gasteiger partial charge < -0.3 is 10.2 Å². The first-order valence-corrected chi connectivity index (χ1v) is 8.68. The molecule has 0 aliphatic carbocycles. The summed E-state index contributed by atoms with van der Waals surface area (Å²) in [5.41, 5.74) is 0. The van der Waals surface area contributed by atoms with Crippen molar-refractivity contribution in [1.82, 2.24) is 20.0 Å². The normalized spacial score (nSPS) is 25.5. The minimum Gasteiger partial charge on any atom is -0.340 e. The van der Waals surface area contributed by atoms with Crippen molar-refractivity contribution in [3.63, 3.8) is 0 Å².